The third-order valence-electron chi connectivity index (χ3n) is 1.71. The second-order valence-corrected chi connectivity index (χ2v) is 3.32. The van der Waals surface area contributed by atoms with E-state index in [2.05, 4.69) is 5.32 Å². The van der Waals surface area contributed by atoms with E-state index in [1.165, 1.54) is 12.1 Å². The summed E-state index contributed by atoms with van der Waals surface area (Å²) in [5.41, 5.74) is 0.0304. The van der Waals surface area contributed by atoms with Gasteiger partial charge in [0.15, 0.2) is 0 Å². The molecule has 0 aliphatic rings. The van der Waals surface area contributed by atoms with E-state index in [0.717, 1.165) is 12.5 Å². The van der Waals surface area contributed by atoms with Crippen molar-refractivity contribution in [2.75, 3.05) is 6.54 Å². The Morgan fingerprint density at radius 3 is 2.86 bits per heavy atom. The zero-order chi connectivity index (χ0) is 10.6. The van der Waals surface area contributed by atoms with E-state index in [-0.39, 0.29) is 10.6 Å². The second kappa shape index (κ2) is 4.96. The van der Waals surface area contributed by atoms with E-state index in [1.54, 1.807) is 0 Å². The van der Waals surface area contributed by atoms with Gasteiger partial charge in [0.25, 0.3) is 5.91 Å². The number of halogens is 2. The van der Waals surface area contributed by atoms with Crippen molar-refractivity contribution in [1.29, 1.82) is 0 Å². The van der Waals surface area contributed by atoms with Crippen LogP contribution in [-0.4, -0.2) is 12.5 Å². The van der Waals surface area contributed by atoms with Crippen molar-refractivity contribution < 1.29 is 9.18 Å². The number of hydrogen-bond acceptors (Lipinski definition) is 1. The van der Waals surface area contributed by atoms with Gasteiger partial charge >= 0.3 is 0 Å². The molecule has 0 unspecified atom stereocenters. The number of nitrogens with one attached hydrogen (secondary N) is 1. The van der Waals surface area contributed by atoms with E-state index in [1.807, 2.05) is 6.92 Å². The zero-order valence-electron chi connectivity index (χ0n) is 7.81. The SMILES string of the molecule is CCCNC(=O)c1ccc(Cl)cc1F. The first kappa shape index (κ1) is 11.0. The number of carbonyl (C=O) groups is 1. The molecule has 0 fully saturated rings. The average Bonchev–Trinajstić information content (AvgIpc) is 2.14. The Morgan fingerprint density at radius 2 is 2.29 bits per heavy atom. The normalized spacial score (nSPS) is 9.93. The van der Waals surface area contributed by atoms with Crippen molar-refractivity contribution in [2.24, 2.45) is 0 Å². The molecule has 1 aromatic carbocycles. The van der Waals surface area contributed by atoms with Crippen LogP contribution in [0.3, 0.4) is 0 Å². The quantitative estimate of drug-likeness (QED) is 0.825. The summed E-state index contributed by atoms with van der Waals surface area (Å²) in [6.07, 6.45) is 0.820. The summed E-state index contributed by atoms with van der Waals surface area (Å²) in [7, 11) is 0. The lowest BCUT2D eigenvalue weighted by Gasteiger charge is -2.04. The third kappa shape index (κ3) is 2.70. The predicted octanol–water partition coefficient (Wildman–Crippen LogP) is 2.62. The molecule has 0 radical (unpaired) electrons. The topological polar surface area (TPSA) is 29.1 Å². The second-order valence-electron chi connectivity index (χ2n) is 2.88. The maximum absolute atomic E-state index is 13.2. The smallest absolute Gasteiger partial charge is 0.254 e. The Balaban J connectivity index is 2.80. The lowest BCUT2D eigenvalue weighted by Crippen LogP contribution is -2.24. The van der Waals surface area contributed by atoms with Crippen LogP contribution in [0.25, 0.3) is 0 Å². The Hall–Kier alpha value is -1.09. The lowest BCUT2D eigenvalue weighted by molar-refractivity contribution is 0.0949. The number of rotatable bonds is 3. The van der Waals surface area contributed by atoms with Gasteiger partial charge in [0.1, 0.15) is 5.82 Å². The summed E-state index contributed by atoms with van der Waals surface area (Å²) < 4.78 is 13.2. The molecule has 0 saturated carbocycles. The van der Waals surface area contributed by atoms with Crippen molar-refractivity contribution in [1.82, 2.24) is 5.32 Å². The molecular weight excluding hydrogens is 205 g/mol. The molecule has 1 amide bonds. The van der Waals surface area contributed by atoms with Crippen LogP contribution in [0.5, 0.6) is 0 Å². The molecule has 1 rings (SSSR count). The van der Waals surface area contributed by atoms with Crippen LogP contribution in [-0.2, 0) is 0 Å². The molecule has 2 nitrogen and oxygen atoms in total. The fraction of sp³-hybridized carbons (Fsp3) is 0.300. The van der Waals surface area contributed by atoms with Gasteiger partial charge in [0.05, 0.1) is 5.56 Å². The van der Waals surface area contributed by atoms with Crippen molar-refractivity contribution in [3.63, 3.8) is 0 Å². The van der Waals surface area contributed by atoms with E-state index >= 15 is 0 Å². The number of hydrogen-bond donors (Lipinski definition) is 1. The van der Waals surface area contributed by atoms with Crippen molar-refractivity contribution in [2.45, 2.75) is 13.3 Å². The first-order valence-corrected chi connectivity index (χ1v) is 4.76. The van der Waals surface area contributed by atoms with Crippen LogP contribution >= 0.6 is 11.6 Å². The van der Waals surface area contributed by atoms with Crippen LogP contribution in [0.2, 0.25) is 5.02 Å². The monoisotopic (exact) mass is 215 g/mol. The molecule has 0 atom stereocenters. The molecule has 1 N–H and O–H groups in total. The zero-order valence-corrected chi connectivity index (χ0v) is 8.57. The Morgan fingerprint density at radius 1 is 1.57 bits per heavy atom. The molecule has 0 saturated heterocycles. The van der Waals surface area contributed by atoms with Crippen LogP contribution in [0.15, 0.2) is 18.2 Å². The highest BCUT2D eigenvalue weighted by Gasteiger charge is 2.10. The van der Waals surface area contributed by atoms with Crippen molar-refractivity contribution >= 4 is 17.5 Å². The van der Waals surface area contributed by atoms with E-state index < -0.39 is 11.7 Å². The maximum Gasteiger partial charge on any atom is 0.254 e. The summed E-state index contributed by atoms with van der Waals surface area (Å²) in [6.45, 7) is 2.47. The molecule has 76 valence electrons. The molecule has 0 bridgehead atoms. The van der Waals surface area contributed by atoms with Crippen molar-refractivity contribution in [3.8, 4) is 0 Å². The van der Waals surface area contributed by atoms with E-state index in [9.17, 15) is 9.18 Å². The largest absolute Gasteiger partial charge is 0.352 e. The first-order valence-electron chi connectivity index (χ1n) is 4.38. The van der Waals surface area contributed by atoms with Crippen LogP contribution in [0.4, 0.5) is 4.39 Å². The van der Waals surface area contributed by atoms with Gasteiger partial charge in [-0.3, -0.25) is 4.79 Å². The number of amides is 1. The fourth-order valence-electron chi connectivity index (χ4n) is 1.01. The summed E-state index contributed by atoms with van der Waals surface area (Å²) >= 11 is 5.55. The molecule has 0 spiro atoms. The average molecular weight is 216 g/mol. The van der Waals surface area contributed by atoms with Gasteiger partial charge in [0, 0.05) is 11.6 Å². The molecule has 0 aliphatic heterocycles. The van der Waals surface area contributed by atoms with Gasteiger partial charge < -0.3 is 5.32 Å². The van der Waals surface area contributed by atoms with Gasteiger partial charge in [-0.25, -0.2) is 4.39 Å². The highest BCUT2D eigenvalue weighted by molar-refractivity contribution is 6.30. The summed E-state index contributed by atoms with van der Waals surface area (Å²) in [6, 6.07) is 4.00. The van der Waals surface area contributed by atoms with Crippen LogP contribution < -0.4 is 5.32 Å². The van der Waals surface area contributed by atoms with Gasteiger partial charge in [-0.2, -0.15) is 0 Å². The van der Waals surface area contributed by atoms with Crippen molar-refractivity contribution in [3.05, 3.63) is 34.6 Å². The third-order valence-corrected chi connectivity index (χ3v) is 1.95. The molecule has 0 aromatic heterocycles. The Bertz CT molecular complexity index is 341. The minimum Gasteiger partial charge on any atom is -0.352 e. The minimum absolute atomic E-state index is 0.0304. The highest BCUT2D eigenvalue weighted by atomic mass is 35.5. The molecule has 4 heteroatoms. The summed E-state index contributed by atoms with van der Waals surface area (Å²) in [4.78, 5) is 11.3. The molecular formula is C10H11ClFNO. The van der Waals surface area contributed by atoms with Crippen LogP contribution in [0, 0.1) is 5.82 Å². The first-order chi connectivity index (χ1) is 6.65. The summed E-state index contributed by atoms with van der Waals surface area (Å²) in [5.74, 6) is -0.993. The molecule has 1 aromatic rings. The van der Waals surface area contributed by atoms with Gasteiger partial charge in [0.2, 0.25) is 0 Å². The maximum atomic E-state index is 13.2. The lowest BCUT2D eigenvalue weighted by atomic mass is 10.2. The number of carbonyl (C=O) groups excluding carboxylic acids is 1. The number of benzene rings is 1. The standard InChI is InChI=1S/C10H11ClFNO/c1-2-5-13-10(14)8-4-3-7(11)6-9(8)12/h3-4,6H,2,5H2,1H3,(H,13,14). The van der Waals surface area contributed by atoms with E-state index in [0.29, 0.717) is 6.54 Å². The van der Waals surface area contributed by atoms with Crippen LogP contribution in [0.1, 0.15) is 23.7 Å². The summed E-state index contributed by atoms with van der Waals surface area (Å²) in [5, 5.41) is 2.87. The Kier molecular flexibility index (Phi) is 3.89. The molecule has 0 aliphatic carbocycles. The van der Waals surface area contributed by atoms with E-state index in [4.69, 9.17) is 11.6 Å². The molecule has 14 heavy (non-hydrogen) atoms. The van der Waals surface area contributed by atoms with Gasteiger partial charge in [-0.05, 0) is 24.6 Å². The predicted molar refractivity (Wildman–Crippen MR) is 54.0 cm³/mol. The fourth-order valence-corrected chi connectivity index (χ4v) is 1.17. The Labute approximate surface area is 87.1 Å². The minimum atomic E-state index is -0.592. The molecule has 0 heterocycles. The van der Waals surface area contributed by atoms with Gasteiger partial charge in [-0.15, -0.1) is 0 Å². The van der Waals surface area contributed by atoms with Gasteiger partial charge in [-0.1, -0.05) is 18.5 Å². The highest BCUT2D eigenvalue weighted by Crippen LogP contribution is 2.14.